The standard InChI is InChI=1S/C22H20N2O5S/c1-28-17-9-7-8-16(14-17)23-22(25)21-15-24(19-12-5-6-13-20(19)29-21)30(26,27)18-10-3-2-4-11-18/h2-14,21H,15H2,1H3,(H,23,25)/t21-/m1/s1. The van der Waals surface area contributed by atoms with E-state index in [2.05, 4.69) is 5.32 Å². The van der Waals surface area contributed by atoms with Crippen molar-refractivity contribution in [3.63, 3.8) is 0 Å². The van der Waals surface area contributed by atoms with Gasteiger partial charge < -0.3 is 14.8 Å². The quantitative estimate of drug-likeness (QED) is 0.679. The summed E-state index contributed by atoms with van der Waals surface area (Å²) < 4.78 is 38.8. The molecule has 0 aliphatic carbocycles. The van der Waals surface area contributed by atoms with Gasteiger partial charge in [0.1, 0.15) is 11.5 Å². The normalized spacial score (nSPS) is 15.6. The largest absolute Gasteiger partial charge is 0.497 e. The Morgan fingerprint density at radius 1 is 1.03 bits per heavy atom. The van der Waals surface area contributed by atoms with Crippen molar-refractivity contribution in [2.24, 2.45) is 0 Å². The smallest absolute Gasteiger partial charge is 0.267 e. The molecule has 30 heavy (non-hydrogen) atoms. The van der Waals surface area contributed by atoms with Gasteiger partial charge in [0.05, 0.1) is 24.2 Å². The highest BCUT2D eigenvalue weighted by molar-refractivity contribution is 7.92. The van der Waals surface area contributed by atoms with Crippen molar-refractivity contribution in [1.82, 2.24) is 0 Å². The van der Waals surface area contributed by atoms with E-state index < -0.39 is 22.0 Å². The number of hydrogen-bond acceptors (Lipinski definition) is 5. The zero-order valence-corrected chi connectivity index (χ0v) is 17.0. The summed E-state index contributed by atoms with van der Waals surface area (Å²) in [6.45, 7) is -0.149. The number of rotatable bonds is 5. The maximum Gasteiger partial charge on any atom is 0.267 e. The molecule has 3 aromatic carbocycles. The summed E-state index contributed by atoms with van der Waals surface area (Å²) in [4.78, 5) is 13.0. The number of nitrogens with zero attached hydrogens (tertiary/aromatic N) is 1. The number of methoxy groups -OCH3 is 1. The lowest BCUT2D eigenvalue weighted by molar-refractivity contribution is -0.122. The predicted molar refractivity (Wildman–Crippen MR) is 113 cm³/mol. The lowest BCUT2D eigenvalue weighted by atomic mass is 10.2. The van der Waals surface area contributed by atoms with Crippen LogP contribution < -0.4 is 19.1 Å². The van der Waals surface area contributed by atoms with Gasteiger partial charge in [0.2, 0.25) is 0 Å². The van der Waals surface area contributed by atoms with E-state index in [4.69, 9.17) is 9.47 Å². The van der Waals surface area contributed by atoms with Crippen molar-refractivity contribution in [1.29, 1.82) is 0 Å². The third-order valence-corrected chi connectivity index (χ3v) is 6.49. The van der Waals surface area contributed by atoms with Crippen LogP contribution in [0, 0.1) is 0 Å². The molecule has 0 fully saturated rings. The molecule has 0 radical (unpaired) electrons. The molecule has 1 aliphatic rings. The van der Waals surface area contributed by atoms with Gasteiger partial charge in [-0.25, -0.2) is 8.42 Å². The van der Waals surface area contributed by atoms with E-state index in [1.807, 2.05) is 0 Å². The fourth-order valence-corrected chi connectivity index (χ4v) is 4.71. The lowest BCUT2D eigenvalue weighted by Crippen LogP contribution is -2.48. The van der Waals surface area contributed by atoms with Crippen LogP contribution >= 0.6 is 0 Å². The zero-order valence-electron chi connectivity index (χ0n) is 16.2. The second-order valence-electron chi connectivity index (χ2n) is 6.64. The van der Waals surface area contributed by atoms with Crippen LogP contribution in [0.2, 0.25) is 0 Å². The van der Waals surface area contributed by atoms with Crippen molar-refractivity contribution in [3.8, 4) is 11.5 Å². The molecule has 1 N–H and O–H groups in total. The second kappa shape index (κ2) is 8.08. The predicted octanol–water partition coefficient (Wildman–Crippen LogP) is 3.29. The maximum absolute atomic E-state index is 13.3. The van der Waals surface area contributed by atoms with Gasteiger partial charge in [0.15, 0.2) is 6.10 Å². The van der Waals surface area contributed by atoms with Crippen molar-refractivity contribution in [2.45, 2.75) is 11.0 Å². The van der Waals surface area contributed by atoms with E-state index in [9.17, 15) is 13.2 Å². The minimum Gasteiger partial charge on any atom is -0.497 e. The summed E-state index contributed by atoms with van der Waals surface area (Å²) in [6.07, 6.45) is -1.02. The molecule has 7 nitrogen and oxygen atoms in total. The summed E-state index contributed by atoms with van der Waals surface area (Å²) >= 11 is 0. The fourth-order valence-electron chi connectivity index (χ4n) is 3.21. The molecule has 1 amide bonds. The van der Waals surface area contributed by atoms with Gasteiger partial charge in [-0.05, 0) is 36.4 Å². The second-order valence-corrected chi connectivity index (χ2v) is 8.51. The average Bonchev–Trinajstić information content (AvgIpc) is 2.79. The van der Waals surface area contributed by atoms with Gasteiger partial charge in [0.25, 0.3) is 15.9 Å². The topological polar surface area (TPSA) is 84.9 Å². The first-order chi connectivity index (χ1) is 14.5. The Hall–Kier alpha value is -3.52. The number of nitrogens with one attached hydrogen (secondary N) is 1. The van der Waals surface area contributed by atoms with Gasteiger partial charge in [-0.2, -0.15) is 0 Å². The monoisotopic (exact) mass is 424 g/mol. The van der Waals surface area contributed by atoms with Gasteiger partial charge in [0, 0.05) is 11.8 Å². The molecular formula is C22H20N2O5S. The van der Waals surface area contributed by atoms with E-state index >= 15 is 0 Å². The molecule has 1 aliphatic heterocycles. The molecule has 8 heteroatoms. The Morgan fingerprint density at radius 3 is 2.53 bits per heavy atom. The number of amides is 1. The number of para-hydroxylation sites is 2. The highest BCUT2D eigenvalue weighted by Crippen LogP contribution is 2.37. The minimum atomic E-state index is -3.87. The maximum atomic E-state index is 13.3. The first-order valence-electron chi connectivity index (χ1n) is 9.27. The van der Waals surface area contributed by atoms with Gasteiger partial charge in [-0.1, -0.05) is 36.4 Å². The van der Waals surface area contributed by atoms with Gasteiger partial charge in [-0.15, -0.1) is 0 Å². The summed E-state index contributed by atoms with van der Waals surface area (Å²) in [5, 5.41) is 2.76. The van der Waals surface area contributed by atoms with Crippen LogP contribution in [0.1, 0.15) is 0 Å². The molecule has 154 valence electrons. The summed E-state index contributed by atoms with van der Waals surface area (Å²) in [7, 11) is -2.34. The summed E-state index contributed by atoms with van der Waals surface area (Å²) in [5.74, 6) is 0.469. The molecule has 3 aromatic rings. The third-order valence-electron chi connectivity index (χ3n) is 4.70. The molecule has 1 heterocycles. The summed E-state index contributed by atoms with van der Waals surface area (Å²) in [6, 6.07) is 21.8. The van der Waals surface area contributed by atoms with E-state index in [0.29, 0.717) is 22.9 Å². The first kappa shape index (κ1) is 19.8. The first-order valence-corrected chi connectivity index (χ1v) is 10.7. The number of sulfonamides is 1. The minimum absolute atomic E-state index is 0.147. The van der Waals surface area contributed by atoms with Gasteiger partial charge >= 0.3 is 0 Å². The molecule has 0 bridgehead atoms. The van der Waals surface area contributed by atoms with Crippen LogP contribution in [0.15, 0.2) is 83.8 Å². The average molecular weight is 424 g/mol. The van der Waals surface area contributed by atoms with Crippen LogP contribution in [0.25, 0.3) is 0 Å². The molecular weight excluding hydrogens is 404 g/mol. The molecule has 0 saturated carbocycles. The number of carbonyl (C=O) groups is 1. The molecule has 0 aromatic heterocycles. The van der Waals surface area contributed by atoms with Crippen molar-refractivity contribution in [2.75, 3.05) is 23.3 Å². The van der Waals surface area contributed by atoms with Crippen LogP contribution in [-0.4, -0.2) is 34.1 Å². The highest BCUT2D eigenvalue weighted by Gasteiger charge is 2.37. The van der Waals surface area contributed by atoms with Crippen LogP contribution in [0.4, 0.5) is 11.4 Å². The van der Waals surface area contributed by atoms with Crippen LogP contribution in [0.3, 0.4) is 0 Å². The molecule has 0 unspecified atom stereocenters. The van der Waals surface area contributed by atoms with E-state index in [0.717, 1.165) is 0 Å². The number of anilines is 2. The Balaban J connectivity index is 1.65. The van der Waals surface area contributed by atoms with Gasteiger partial charge in [-0.3, -0.25) is 9.10 Å². The number of ether oxygens (including phenoxy) is 2. The molecule has 1 atom stereocenters. The van der Waals surface area contributed by atoms with Crippen LogP contribution in [-0.2, 0) is 14.8 Å². The van der Waals surface area contributed by atoms with Crippen molar-refractivity contribution < 1.29 is 22.7 Å². The zero-order chi connectivity index (χ0) is 21.1. The third kappa shape index (κ3) is 3.81. The Morgan fingerprint density at radius 2 is 1.77 bits per heavy atom. The molecule has 0 spiro atoms. The highest BCUT2D eigenvalue weighted by atomic mass is 32.2. The number of fused-ring (bicyclic) bond motifs is 1. The Kier molecular flexibility index (Phi) is 5.33. The molecule has 0 saturated heterocycles. The van der Waals surface area contributed by atoms with E-state index in [1.165, 1.54) is 23.5 Å². The number of carbonyl (C=O) groups excluding carboxylic acids is 1. The van der Waals surface area contributed by atoms with E-state index in [-0.39, 0.29) is 11.4 Å². The molecule has 4 rings (SSSR count). The van der Waals surface area contributed by atoms with Crippen molar-refractivity contribution in [3.05, 3.63) is 78.9 Å². The number of hydrogen-bond donors (Lipinski definition) is 1. The Bertz CT molecular complexity index is 1160. The van der Waals surface area contributed by atoms with Crippen LogP contribution in [0.5, 0.6) is 11.5 Å². The summed E-state index contributed by atoms with van der Waals surface area (Å²) in [5.41, 5.74) is 0.922. The van der Waals surface area contributed by atoms with Crippen molar-refractivity contribution >= 4 is 27.3 Å². The Labute approximate surface area is 174 Å². The van der Waals surface area contributed by atoms with E-state index in [1.54, 1.807) is 66.7 Å². The SMILES string of the molecule is COc1cccc(NC(=O)[C@H]2CN(S(=O)(=O)c3ccccc3)c3ccccc3O2)c1. The number of benzene rings is 3. The fraction of sp³-hybridized carbons (Fsp3) is 0.136. The lowest BCUT2D eigenvalue weighted by Gasteiger charge is -2.34.